The lowest BCUT2D eigenvalue weighted by Gasteiger charge is -2.08. The van der Waals surface area contributed by atoms with Gasteiger partial charge in [0, 0.05) is 0 Å². The lowest BCUT2D eigenvalue weighted by molar-refractivity contribution is 0.465. The fourth-order valence-corrected chi connectivity index (χ4v) is 2.78. The molecule has 0 bridgehead atoms. The second-order valence-electron chi connectivity index (χ2n) is 2.78. The Kier molecular flexibility index (Phi) is 4.99. The van der Waals surface area contributed by atoms with E-state index in [1.54, 1.807) is 0 Å². The van der Waals surface area contributed by atoms with Crippen molar-refractivity contribution < 1.29 is 25.9 Å². The SMILES string of the molecule is CCCCC[C](S(=O)(=O)O)S(=O)(=O)O. The van der Waals surface area contributed by atoms with E-state index in [0.29, 0.717) is 6.42 Å². The van der Waals surface area contributed by atoms with Crippen LogP contribution >= 0.6 is 0 Å². The third kappa shape index (κ3) is 4.89. The van der Waals surface area contributed by atoms with Gasteiger partial charge in [-0.25, -0.2) is 0 Å². The maximum atomic E-state index is 10.6. The molecule has 0 saturated carbocycles. The van der Waals surface area contributed by atoms with Crippen molar-refractivity contribution in [2.75, 3.05) is 0 Å². The standard InChI is InChI=1S/C6H13O6S2/c1-2-3-4-5-6(13(7,8)9)14(10,11)12/h2-5H2,1H3,(H,7,8,9)(H,10,11,12). The molecule has 0 unspecified atom stereocenters. The quantitative estimate of drug-likeness (QED) is 0.530. The fourth-order valence-electron chi connectivity index (χ4n) is 0.910. The van der Waals surface area contributed by atoms with Crippen LogP contribution in [0.5, 0.6) is 0 Å². The Hall–Kier alpha value is -0.180. The largest absolute Gasteiger partial charge is 0.290 e. The van der Waals surface area contributed by atoms with Crippen molar-refractivity contribution in [1.82, 2.24) is 0 Å². The molecule has 0 atom stereocenters. The summed E-state index contributed by atoms with van der Waals surface area (Å²) in [6, 6.07) is 0. The minimum atomic E-state index is -4.82. The Morgan fingerprint density at radius 2 is 1.43 bits per heavy atom. The highest BCUT2D eigenvalue weighted by atomic mass is 32.3. The molecule has 6 nitrogen and oxygen atoms in total. The van der Waals surface area contributed by atoms with Crippen LogP contribution in [0.2, 0.25) is 0 Å². The molecule has 0 aliphatic carbocycles. The summed E-state index contributed by atoms with van der Waals surface area (Å²) in [7, 11) is -9.65. The summed E-state index contributed by atoms with van der Waals surface area (Å²) in [6.45, 7) is 1.85. The van der Waals surface area contributed by atoms with Gasteiger partial charge in [-0.05, 0) is 6.42 Å². The van der Waals surface area contributed by atoms with Crippen LogP contribution in [-0.4, -0.2) is 25.9 Å². The summed E-state index contributed by atoms with van der Waals surface area (Å²) >= 11 is 0. The van der Waals surface area contributed by atoms with Crippen LogP contribution < -0.4 is 0 Å². The van der Waals surface area contributed by atoms with E-state index < -0.39 is 24.8 Å². The molecule has 0 aromatic rings. The monoisotopic (exact) mass is 245 g/mol. The highest BCUT2D eigenvalue weighted by molar-refractivity contribution is 8.07. The highest BCUT2D eigenvalue weighted by Crippen LogP contribution is 2.23. The normalized spacial score (nSPS) is 13.4. The molecule has 0 saturated heterocycles. The van der Waals surface area contributed by atoms with Crippen LogP contribution in [0.4, 0.5) is 0 Å². The van der Waals surface area contributed by atoms with Gasteiger partial charge in [-0.2, -0.15) is 16.8 Å². The molecule has 0 amide bonds. The second-order valence-corrected chi connectivity index (χ2v) is 5.92. The summed E-state index contributed by atoms with van der Waals surface area (Å²) < 4.78 is 58.0. The molecule has 1 radical (unpaired) electrons. The highest BCUT2D eigenvalue weighted by Gasteiger charge is 2.36. The van der Waals surface area contributed by atoms with Crippen molar-refractivity contribution in [2.24, 2.45) is 0 Å². The molecule has 0 spiro atoms. The molecule has 0 fully saturated rings. The van der Waals surface area contributed by atoms with E-state index in [-0.39, 0.29) is 12.8 Å². The predicted molar refractivity (Wildman–Crippen MR) is 50.5 cm³/mol. The molecule has 0 aliphatic rings. The molecule has 85 valence electrons. The van der Waals surface area contributed by atoms with Gasteiger partial charge in [-0.15, -0.1) is 0 Å². The Balaban J connectivity index is 4.62. The Labute approximate surface area is 83.8 Å². The number of unbranched alkanes of at least 4 members (excludes halogenated alkanes) is 2. The first-order valence-corrected chi connectivity index (χ1v) is 6.88. The fraction of sp³-hybridized carbons (Fsp3) is 0.833. The maximum Gasteiger partial charge on any atom is 0.290 e. The topological polar surface area (TPSA) is 109 Å². The minimum Gasteiger partial charge on any atom is -0.284 e. The Morgan fingerprint density at radius 3 is 1.71 bits per heavy atom. The number of hydrogen-bond acceptors (Lipinski definition) is 4. The van der Waals surface area contributed by atoms with Crippen molar-refractivity contribution in [3.05, 3.63) is 4.58 Å². The molecule has 8 heteroatoms. The molecule has 0 aliphatic heterocycles. The van der Waals surface area contributed by atoms with E-state index >= 15 is 0 Å². The van der Waals surface area contributed by atoms with Gasteiger partial charge < -0.3 is 0 Å². The summed E-state index contributed by atoms with van der Waals surface area (Å²) in [5.41, 5.74) is 0. The van der Waals surface area contributed by atoms with Crippen molar-refractivity contribution in [3.63, 3.8) is 0 Å². The van der Waals surface area contributed by atoms with E-state index in [0.717, 1.165) is 6.42 Å². The molecule has 2 N–H and O–H groups in total. The van der Waals surface area contributed by atoms with Gasteiger partial charge in [0.15, 0.2) is 0 Å². The van der Waals surface area contributed by atoms with Crippen molar-refractivity contribution >= 4 is 20.2 Å². The second kappa shape index (κ2) is 5.06. The molecule has 0 rings (SSSR count). The smallest absolute Gasteiger partial charge is 0.284 e. The van der Waals surface area contributed by atoms with Crippen LogP contribution in [0.15, 0.2) is 0 Å². The molecular weight excluding hydrogens is 232 g/mol. The zero-order valence-corrected chi connectivity index (χ0v) is 9.31. The Bertz CT molecular complexity index is 322. The zero-order chi connectivity index (χ0) is 11.4. The molecule has 0 aromatic heterocycles. The first-order valence-electron chi connectivity index (χ1n) is 4.00. The first kappa shape index (κ1) is 13.8. The van der Waals surface area contributed by atoms with E-state index in [1.807, 2.05) is 6.92 Å². The third-order valence-electron chi connectivity index (χ3n) is 1.56. The maximum absolute atomic E-state index is 10.6. The summed E-state index contributed by atoms with van der Waals surface area (Å²) in [4.78, 5) is 0. The summed E-state index contributed by atoms with van der Waals surface area (Å²) in [5.74, 6) is 0. The molecule has 0 aromatic carbocycles. The van der Waals surface area contributed by atoms with Crippen LogP contribution in [0.1, 0.15) is 32.6 Å². The van der Waals surface area contributed by atoms with E-state index in [9.17, 15) is 16.8 Å². The average Bonchev–Trinajstić information content (AvgIpc) is 1.92. The summed E-state index contributed by atoms with van der Waals surface area (Å²) in [5, 5.41) is 0. The predicted octanol–water partition coefficient (Wildman–Crippen LogP) is 0.832. The van der Waals surface area contributed by atoms with Gasteiger partial charge in [-0.1, -0.05) is 26.2 Å². The van der Waals surface area contributed by atoms with Crippen LogP contribution in [-0.2, 0) is 20.2 Å². The van der Waals surface area contributed by atoms with Crippen molar-refractivity contribution in [2.45, 2.75) is 32.6 Å². The first-order chi connectivity index (χ1) is 6.19. The van der Waals surface area contributed by atoms with Crippen LogP contribution in [0.25, 0.3) is 0 Å². The number of rotatable bonds is 6. The lowest BCUT2D eigenvalue weighted by atomic mass is 10.2. The zero-order valence-electron chi connectivity index (χ0n) is 7.67. The van der Waals surface area contributed by atoms with E-state index in [2.05, 4.69) is 0 Å². The van der Waals surface area contributed by atoms with Crippen molar-refractivity contribution in [1.29, 1.82) is 0 Å². The van der Waals surface area contributed by atoms with Crippen LogP contribution in [0.3, 0.4) is 0 Å². The molecule has 14 heavy (non-hydrogen) atoms. The Morgan fingerprint density at radius 1 is 1.00 bits per heavy atom. The number of hydrogen-bond donors (Lipinski definition) is 2. The van der Waals surface area contributed by atoms with E-state index in [4.69, 9.17) is 9.11 Å². The van der Waals surface area contributed by atoms with Gasteiger partial charge in [0.1, 0.15) is 0 Å². The van der Waals surface area contributed by atoms with Gasteiger partial charge in [0.2, 0.25) is 0 Å². The van der Waals surface area contributed by atoms with Gasteiger partial charge in [0.25, 0.3) is 24.8 Å². The van der Waals surface area contributed by atoms with Crippen molar-refractivity contribution in [3.8, 4) is 0 Å². The molecular formula is C6H13O6S2. The molecule has 0 heterocycles. The van der Waals surface area contributed by atoms with Crippen LogP contribution in [0, 0.1) is 4.58 Å². The minimum absolute atomic E-state index is 0.283. The van der Waals surface area contributed by atoms with E-state index in [1.165, 1.54) is 0 Å². The average molecular weight is 245 g/mol. The lowest BCUT2D eigenvalue weighted by Crippen LogP contribution is -2.21. The third-order valence-corrected chi connectivity index (χ3v) is 4.38. The van der Waals surface area contributed by atoms with Gasteiger partial charge in [0.05, 0.1) is 0 Å². The van der Waals surface area contributed by atoms with Gasteiger partial charge >= 0.3 is 0 Å². The summed E-state index contributed by atoms with van der Waals surface area (Å²) in [6.07, 6.45) is 1.30. The van der Waals surface area contributed by atoms with Gasteiger partial charge in [-0.3, -0.25) is 9.11 Å².